The number of benzene rings is 2. The number of hydrogen-bond donors (Lipinski definition) is 2. The lowest BCUT2D eigenvalue weighted by molar-refractivity contribution is 0.0951. The van der Waals surface area contributed by atoms with E-state index in [2.05, 4.69) is 10.0 Å². The number of amides is 1. The van der Waals surface area contributed by atoms with Crippen molar-refractivity contribution in [3.05, 3.63) is 58.1 Å². The molecule has 27 heavy (non-hydrogen) atoms. The molecule has 0 radical (unpaired) electrons. The molecule has 146 valence electrons. The molecule has 0 atom stereocenters. The first-order valence-electron chi connectivity index (χ1n) is 8.42. The molecule has 0 aliphatic heterocycles. The fraction of sp³-hybridized carbons (Fsp3) is 0.316. The number of sulfonamides is 1. The van der Waals surface area contributed by atoms with Crippen molar-refractivity contribution in [2.75, 3.05) is 31.9 Å². The molecule has 0 aromatic heterocycles. The van der Waals surface area contributed by atoms with Crippen LogP contribution in [0.4, 0.5) is 5.69 Å². The fourth-order valence-corrected chi connectivity index (χ4v) is 4.04. The zero-order chi connectivity index (χ0) is 20.2. The summed E-state index contributed by atoms with van der Waals surface area (Å²) in [6.45, 7) is 4.83. The molecule has 0 saturated heterocycles. The number of hydrogen-bond acceptors (Lipinski definition) is 4. The second-order valence-corrected chi connectivity index (χ2v) is 8.69. The Morgan fingerprint density at radius 3 is 2.48 bits per heavy atom. The Bertz CT molecular complexity index is 943. The highest BCUT2D eigenvalue weighted by Gasteiger charge is 2.21. The second kappa shape index (κ2) is 8.73. The number of rotatable bonds is 7. The predicted octanol–water partition coefficient (Wildman–Crippen LogP) is 3.05. The van der Waals surface area contributed by atoms with E-state index < -0.39 is 10.0 Å². The average molecular weight is 410 g/mol. The highest BCUT2D eigenvalue weighted by Crippen LogP contribution is 2.26. The minimum absolute atomic E-state index is 0.0534. The topological polar surface area (TPSA) is 78.5 Å². The van der Waals surface area contributed by atoms with E-state index in [9.17, 15) is 13.2 Å². The molecule has 6 nitrogen and oxygen atoms in total. The van der Waals surface area contributed by atoms with Gasteiger partial charge in [-0.05, 0) is 63.3 Å². The Morgan fingerprint density at radius 1 is 1.11 bits per heavy atom. The van der Waals surface area contributed by atoms with Gasteiger partial charge in [-0.15, -0.1) is 0 Å². The summed E-state index contributed by atoms with van der Waals surface area (Å²) in [6, 6.07) is 9.70. The molecule has 2 N–H and O–H groups in total. The molecule has 0 heterocycles. The average Bonchev–Trinajstić information content (AvgIpc) is 2.57. The van der Waals surface area contributed by atoms with Crippen LogP contribution >= 0.6 is 11.6 Å². The van der Waals surface area contributed by atoms with Gasteiger partial charge in [-0.2, -0.15) is 0 Å². The molecular formula is C19H24ClN3O3S. The number of halogens is 1. The predicted molar refractivity (Wildman–Crippen MR) is 109 cm³/mol. The van der Waals surface area contributed by atoms with Gasteiger partial charge in [0, 0.05) is 18.7 Å². The molecule has 0 unspecified atom stereocenters. The van der Waals surface area contributed by atoms with Crippen molar-refractivity contribution >= 4 is 33.2 Å². The van der Waals surface area contributed by atoms with E-state index in [0.717, 1.165) is 11.1 Å². The molecule has 0 bridgehead atoms. The Morgan fingerprint density at radius 2 is 1.81 bits per heavy atom. The number of likely N-dealkylation sites (N-methyl/N-ethyl adjacent to an activating group) is 1. The third-order valence-corrected chi connectivity index (χ3v) is 5.81. The summed E-state index contributed by atoms with van der Waals surface area (Å²) in [5, 5.41) is 2.81. The van der Waals surface area contributed by atoms with Gasteiger partial charge in [-0.25, -0.2) is 8.42 Å². The number of anilines is 1. The van der Waals surface area contributed by atoms with E-state index in [4.69, 9.17) is 11.6 Å². The van der Waals surface area contributed by atoms with Crippen LogP contribution < -0.4 is 10.0 Å². The molecule has 0 aliphatic rings. The van der Waals surface area contributed by atoms with E-state index in [0.29, 0.717) is 18.8 Å². The van der Waals surface area contributed by atoms with Gasteiger partial charge in [0.1, 0.15) is 4.90 Å². The maximum atomic E-state index is 12.8. The number of nitrogens with one attached hydrogen (secondary N) is 2. The highest BCUT2D eigenvalue weighted by molar-refractivity contribution is 7.92. The van der Waals surface area contributed by atoms with Crippen molar-refractivity contribution in [1.29, 1.82) is 0 Å². The lowest BCUT2D eigenvalue weighted by Gasteiger charge is -2.14. The van der Waals surface area contributed by atoms with Crippen molar-refractivity contribution in [2.45, 2.75) is 18.7 Å². The summed E-state index contributed by atoms with van der Waals surface area (Å²) in [5.74, 6) is -0.350. The van der Waals surface area contributed by atoms with Crippen LogP contribution in [0.25, 0.3) is 0 Å². The Balaban J connectivity index is 2.28. The molecule has 1 amide bonds. The Kier molecular flexibility index (Phi) is 6.86. The van der Waals surface area contributed by atoms with Crippen LogP contribution in [0.2, 0.25) is 5.02 Å². The lowest BCUT2D eigenvalue weighted by atomic mass is 10.1. The fourth-order valence-electron chi connectivity index (χ4n) is 2.39. The zero-order valence-corrected chi connectivity index (χ0v) is 17.4. The third-order valence-electron chi connectivity index (χ3n) is 3.96. The zero-order valence-electron chi connectivity index (χ0n) is 15.8. The van der Waals surface area contributed by atoms with Crippen molar-refractivity contribution in [1.82, 2.24) is 10.2 Å². The van der Waals surface area contributed by atoms with E-state index in [1.165, 1.54) is 18.2 Å². The summed E-state index contributed by atoms with van der Waals surface area (Å²) in [6.07, 6.45) is 0. The van der Waals surface area contributed by atoms with Crippen LogP contribution in [0.1, 0.15) is 21.5 Å². The van der Waals surface area contributed by atoms with Gasteiger partial charge < -0.3 is 10.2 Å². The smallest absolute Gasteiger partial charge is 0.263 e. The molecule has 0 spiro atoms. The van der Waals surface area contributed by atoms with E-state index in [-0.39, 0.29) is 21.4 Å². The van der Waals surface area contributed by atoms with Crippen molar-refractivity contribution in [3.8, 4) is 0 Å². The van der Waals surface area contributed by atoms with Crippen molar-refractivity contribution in [3.63, 3.8) is 0 Å². The molecule has 0 aliphatic carbocycles. The molecule has 2 aromatic carbocycles. The monoisotopic (exact) mass is 409 g/mol. The molecule has 8 heteroatoms. The normalized spacial score (nSPS) is 11.5. The maximum absolute atomic E-state index is 12.8. The van der Waals surface area contributed by atoms with Gasteiger partial charge >= 0.3 is 0 Å². The van der Waals surface area contributed by atoms with E-state index in [1.54, 1.807) is 6.07 Å². The molecule has 0 fully saturated rings. The lowest BCUT2D eigenvalue weighted by Crippen LogP contribution is -2.31. The van der Waals surface area contributed by atoms with Gasteiger partial charge in [-0.1, -0.05) is 23.7 Å². The summed E-state index contributed by atoms with van der Waals surface area (Å²) in [5.41, 5.74) is 2.43. The first-order valence-corrected chi connectivity index (χ1v) is 10.3. The SMILES string of the molecule is Cc1ccc(C)c(NS(=O)(=O)c2cc(C(=O)NCCN(C)C)ccc2Cl)c1. The van der Waals surface area contributed by atoms with Gasteiger partial charge in [0.25, 0.3) is 15.9 Å². The van der Waals surface area contributed by atoms with Gasteiger partial charge in [0.15, 0.2) is 0 Å². The van der Waals surface area contributed by atoms with Crippen LogP contribution in [0, 0.1) is 13.8 Å². The first-order chi connectivity index (χ1) is 12.6. The second-order valence-electron chi connectivity index (χ2n) is 6.63. The Labute approximate surface area is 165 Å². The number of carbonyl (C=O) groups excluding carboxylic acids is 1. The standard InChI is InChI=1S/C19H24ClN3O3S/c1-13-5-6-14(2)17(11-13)22-27(25,26)18-12-15(7-8-16(18)20)19(24)21-9-10-23(3)4/h5-8,11-12,22H,9-10H2,1-4H3,(H,21,24). The molecular weight excluding hydrogens is 386 g/mol. The van der Waals surface area contributed by atoms with E-state index in [1.807, 2.05) is 45.0 Å². The maximum Gasteiger partial charge on any atom is 0.263 e. The van der Waals surface area contributed by atoms with Crippen LogP contribution in [-0.4, -0.2) is 46.4 Å². The number of nitrogens with zero attached hydrogens (tertiary/aromatic N) is 1. The van der Waals surface area contributed by atoms with Crippen LogP contribution in [0.3, 0.4) is 0 Å². The third kappa shape index (κ3) is 5.69. The first kappa shape index (κ1) is 21.2. The van der Waals surface area contributed by atoms with Gasteiger partial charge in [0.05, 0.1) is 10.7 Å². The van der Waals surface area contributed by atoms with Crippen molar-refractivity contribution in [2.24, 2.45) is 0 Å². The molecule has 0 saturated carbocycles. The summed E-state index contributed by atoms with van der Waals surface area (Å²) in [7, 11) is -0.142. The van der Waals surface area contributed by atoms with Crippen LogP contribution in [0.5, 0.6) is 0 Å². The van der Waals surface area contributed by atoms with Crippen molar-refractivity contribution < 1.29 is 13.2 Å². The quantitative estimate of drug-likeness (QED) is 0.736. The molecule has 2 rings (SSSR count). The molecule has 2 aromatic rings. The minimum atomic E-state index is -3.94. The van der Waals surface area contributed by atoms with E-state index >= 15 is 0 Å². The number of aryl methyl sites for hydroxylation is 2. The summed E-state index contributed by atoms with van der Waals surface area (Å²) < 4.78 is 28.2. The van der Waals surface area contributed by atoms with Crippen LogP contribution in [-0.2, 0) is 10.0 Å². The summed E-state index contributed by atoms with van der Waals surface area (Å²) in [4.78, 5) is 14.1. The van der Waals surface area contributed by atoms with Gasteiger partial charge in [-0.3, -0.25) is 9.52 Å². The van der Waals surface area contributed by atoms with Gasteiger partial charge in [0.2, 0.25) is 0 Å². The highest BCUT2D eigenvalue weighted by atomic mass is 35.5. The number of carbonyl (C=O) groups is 1. The van der Waals surface area contributed by atoms with Crippen LogP contribution in [0.15, 0.2) is 41.3 Å². The summed E-state index contributed by atoms with van der Waals surface area (Å²) >= 11 is 6.11. The largest absolute Gasteiger partial charge is 0.351 e. The minimum Gasteiger partial charge on any atom is -0.351 e. The Hall–Kier alpha value is -2.09.